The van der Waals surface area contributed by atoms with E-state index in [1.54, 1.807) is 24.3 Å². The Labute approximate surface area is 165 Å². The first-order valence-electron chi connectivity index (χ1n) is 9.10. The number of phenols is 2. The van der Waals surface area contributed by atoms with Gasteiger partial charge < -0.3 is 15.3 Å². The van der Waals surface area contributed by atoms with Gasteiger partial charge in [0, 0.05) is 19.2 Å². The van der Waals surface area contributed by atoms with Crippen LogP contribution in [0.3, 0.4) is 0 Å². The number of aromatic nitrogens is 3. The van der Waals surface area contributed by atoms with Crippen LogP contribution in [0.1, 0.15) is 36.5 Å². The molecule has 4 N–H and O–H groups in total. The van der Waals surface area contributed by atoms with Crippen LogP contribution < -0.4 is 5.69 Å². The Morgan fingerprint density at radius 2 is 1.83 bits per heavy atom. The van der Waals surface area contributed by atoms with Crippen molar-refractivity contribution in [3.63, 3.8) is 0 Å². The summed E-state index contributed by atoms with van der Waals surface area (Å²) in [4.78, 5) is 25.0. The highest BCUT2D eigenvalue weighted by molar-refractivity contribution is 5.70. The fourth-order valence-corrected chi connectivity index (χ4v) is 3.61. The van der Waals surface area contributed by atoms with Gasteiger partial charge in [-0.2, -0.15) is 5.10 Å². The molecule has 0 aliphatic carbocycles. The van der Waals surface area contributed by atoms with Gasteiger partial charge in [-0.05, 0) is 40.8 Å². The maximum Gasteiger partial charge on any atom is 0.407 e. The predicted molar refractivity (Wildman–Crippen MR) is 104 cm³/mol. The van der Waals surface area contributed by atoms with Crippen LogP contribution in [0.15, 0.2) is 35.1 Å². The zero-order valence-corrected chi connectivity index (χ0v) is 15.9. The zero-order chi connectivity index (χ0) is 20.9. The molecule has 150 valence electrons. The van der Waals surface area contributed by atoms with Crippen molar-refractivity contribution in [3.8, 4) is 28.6 Å². The fourth-order valence-electron chi connectivity index (χ4n) is 3.61. The number of phenolic OH excluding ortho intramolecular Hbond substituents is 2. The summed E-state index contributed by atoms with van der Waals surface area (Å²) in [6.07, 6.45) is -1.00. The molecule has 0 unspecified atom stereocenters. The predicted octanol–water partition coefficient (Wildman–Crippen LogP) is 2.76. The van der Waals surface area contributed by atoms with Crippen LogP contribution in [0.25, 0.3) is 17.1 Å². The molecule has 2 heterocycles. The Kier molecular flexibility index (Phi) is 4.30. The van der Waals surface area contributed by atoms with Crippen molar-refractivity contribution in [1.29, 1.82) is 0 Å². The normalized spacial score (nSPS) is 13.1. The van der Waals surface area contributed by atoms with Gasteiger partial charge in [-0.15, -0.1) is 0 Å². The van der Waals surface area contributed by atoms with Crippen molar-refractivity contribution in [2.24, 2.45) is 0 Å². The second-order valence-corrected chi connectivity index (χ2v) is 7.36. The van der Waals surface area contributed by atoms with Crippen molar-refractivity contribution in [1.82, 2.24) is 19.7 Å². The van der Waals surface area contributed by atoms with Crippen molar-refractivity contribution in [3.05, 3.63) is 57.5 Å². The van der Waals surface area contributed by atoms with E-state index in [1.807, 2.05) is 13.8 Å². The van der Waals surface area contributed by atoms with E-state index in [0.717, 1.165) is 11.1 Å². The molecule has 4 rings (SSSR count). The molecular weight excluding hydrogens is 376 g/mol. The second-order valence-electron chi connectivity index (χ2n) is 7.36. The molecule has 0 fully saturated rings. The first kappa shape index (κ1) is 18.6. The van der Waals surface area contributed by atoms with Gasteiger partial charge in [-0.1, -0.05) is 19.9 Å². The number of hydrogen-bond donors (Lipinski definition) is 4. The lowest BCUT2D eigenvalue weighted by molar-refractivity contribution is 0.145. The maximum atomic E-state index is 12.5. The molecule has 2 aromatic carbocycles. The first-order chi connectivity index (χ1) is 13.8. The van der Waals surface area contributed by atoms with Crippen molar-refractivity contribution in [2.75, 3.05) is 0 Å². The molecule has 1 aromatic heterocycles. The number of carboxylic acid groups (broad SMARTS) is 1. The lowest BCUT2D eigenvalue weighted by Crippen LogP contribution is -2.22. The number of rotatable bonds is 3. The molecule has 0 atom stereocenters. The molecule has 1 aliphatic heterocycles. The van der Waals surface area contributed by atoms with E-state index >= 15 is 0 Å². The van der Waals surface area contributed by atoms with Gasteiger partial charge in [0.25, 0.3) is 0 Å². The topological polar surface area (TPSA) is 132 Å². The number of benzene rings is 2. The zero-order valence-electron chi connectivity index (χ0n) is 15.9. The highest BCUT2D eigenvalue weighted by atomic mass is 16.4. The second kappa shape index (κ2) is 6.69. The van der Waals surface area contributed by atoms with Gasteiger partial charge in [0.1, 0.15) is 11.5 Å². The maximum absolute atomic E-state index is 12.5. The molecule has 1 amide bonds. The Bertz CT molecular complexity index is 1180. The Morgan fingerprint density at radius 3 is 2.52 bits per heavy atom. The van der Waals surface area contributed by atoms with E-state index in [9.17, 15) is 24.9 Å². The Morgan fingerprint density at radius 1 is 1.10 bits per heavy atom. The number of H-pyrrole nitrogens is 1. The highest BCUT2D eigenvalue weighted by Gasteiger charge is 2.25. The molecule has 0 radical (unpaired) electrons. The largest absolute Gasteiger partial charge is 0.508 e. The van der Waals surface area contributed by atoms with Crippen LogP contribution in [-0.2, 0) is 13.1 Å². The third-order valence-corrected chi connectivity index (χ3v) is 5.12. The molecule has 29 heavy (non-hydrogen) atoms. The first-order valence-corrected chi connectivity index (χ1v) is 9.10. The summed E-state index contributed by atoms with van der Waals surface area (Å²) in [6.45, 7) is 4.35. The highest BCUT2D eigenvalue weighted by Crippen LogP contribution is 2.37. The van der Waals surface area contributed by atoms with Gasteiger partial charge >= 0.3 is 11.8 Å². The number of hydrogen-bond acceptors (Lipinski definition) is 5. The van der Waals surface area contributed by atoms with E-state index in [2.05, 4.69) is 10.2 Å². The average molecular weight is 396 g/mol. The van der Waals surface area contributed by atoms with Gasteiger partial charge in [0.2, 0.25) is 0 Å². The molecule has 3 aromatic rings. The summed E-state index contributed by atoms with van der Waals surface area (Å²) < 4.78 is 1.32. The lowest BCUT2D eigenvalue weighted by Gasteiger charge is -2.13. The van der Waals surface area contributed by atoms with Gasteiger partial charge in [0.05, 0.1) is 11.3 Å². The summed E-state index contributed by atoms with van der Waals surface area (Å²) in [5, 5.41) is 36.1. The van der Waals surface area contributed by atoms with Gasteiger partial charge in [-0.3, -0.25) is 4.90 Å². The van der Waals surface area contributed by atoms with Crippen molar-refractivity contribution < 1.29 is 20.1 Å². The summed E-state index contributed by atoms with van der Waals surface area (Å²) in [5.74, 6) is -0.0414. The van der Waals surface area contributed by atoms with Crippen molar-refractivity contribution >= 4 is 6.09 Å². The molecule has 1 aliphatic rings. The van der Waals surface area contributed by atoms with E-state index in [4.69, 9.17) is 0 Å². The van der Waals surface area contributed by atoms with E-state index in [0.29, 0.717) is 23.4 Å². The van der Waals surface area contributed by atoms with Crippen LogP contribution >= 0.6 is 0 Å². The van der Waals surface area contributed by atoms with Crippen LogP contribution in [0.2, 0.25) is 0 Å². The fraction of sp³-hybridized carbons (Fsp3) is 0.250. The third-order valence-electron chi connectivity index (χ3n) is 5.12. The average Bonchev–Trinajstić information content (AvgIpc) is 3.24. The number of aromatic amines is 1. The Hall–Kier alpha value is -3.75. The summed E-state index contributed by atoms with van der Waals surface area (Å²) in [7, 11) is 0. The monoisotopic (exact) mass is 396 g/mol. The molecule has 0 saturated heterocycles. The molecule has 9 heteroatoms. The summed E-state index contributed by atoms with van der Waals surface area (Å²) >= 11 is 0. The number of aromatic hydroxyl groups is 2. The van der Waals surface area contributed by atoms with E-state index in [-0.39, 0.29) is 29.8 Å². The number of fused-ring (bicyclic) bond motifs is 1. The van der Waals surface area contributed by atoms with E-state index < -0.39 is 11.8 Å². The number of carbonyl (C=O) groups is 1. The number of nitrogens with one attached hydrogen (secondary N) is 1. The molecule has 0 bridgehead atoms. The van der Waals surface area contributed by atoms with Crippen LogP contribution in [0.5, 0.6) is 11.5 Å². The molecular formula is C20H20N4O5. The SMILES string of the molecule is CC(C)c1cc(-c2n[nH]c(=O)n2-c2ccc3c(c2)CN(C(=O)O)C3)c(O)cc1O. The Balaban J connectivity index is 1.84. The van der Waals surface area contributed by atoms with Crippen LogP contribution in [0, 0.1) is 0 Å². The molecule has 9 nitrogen and oxygen atoms in total. The third kappa shape index (κ3) is 3.10. The van der Waals surface area contributed by atoms with Gasteiger partial charge in [0.15, 0.2) is 5.82 Å². The molecule has 0 spiro atoms. The number of nitrogens with zero attached hydrogens (tertiary/aromatic N) is 3. The minimum Gasteiger partial charge on any atom is -0.508 e. The van der Waals surface area contributed by atoms with Crippen LogP contribution in [-0.4, -0.2) is 41.1 Å². The smallest absolute Gasteiger partial charge is 0.407 e. The quantitative estimate of drug-likeness (QED) is 0.538. The summed E-state index contributed by atoms with van der Waals surface area (Å²) in [5.41, 5.74) is 2.61. The summed E-state index contributed by atoms with van der Waals surface area (Å²) in [6, 6.07) is 8.10. The molecule has 0 saturated carbocycles. The van der Waals surface area contributed by atoms with Crippen LogP contribution in [0.4, 0.5) is 4.79 Å². The minimum atomic E-state index is -1.00. The van der Waals surface area contributed by atoms with Crippen molar-refractivity contribution in [2.45, 2.75) is 32.9 Å². The number of amides is 1. The minimum absolute atomic E-state index is 0.00420. The lowest BCUT2D eigenvalue weighted by atomic mass is 9.98. The van der Waals surface area contributed by atoms with Gasteiger partial charge in [-0.25, -0.2) is 19.3 Å². The standard InChI is InChI=1S/C20H20N4O5/c1-10(2)14-6-15(17(26)7-16(14)25)18-21-22-19(27)24(18)13-4-3-11-8-23(20(28)29)9-12(11)5-13/h3-7,10,25-26H,8-9H2,1-2H3,(H,22,27)(H,28,29). The van der Waals surface area contributed by atoms with E-state index in [1.165, 1.54) is 15.5 Å².